The molecule has 29 heavy (non-hydrogen) atoms. The second kappa shape index (κ2) is 9.71. The van der Waals surface area contributed by atoms with Gasteiger partial charge in [-0.3, -0.25) is 0 Å². The average molecular weight is 411 g/mol. The molecule has 8 heteroatoms. The normalized spacial score (nSPS) is 10.3. The number of rotatable bonds is 6. The number of benzene rings is 2. The lowest BCUT2D eigenvalue weighted by molar-refractivity contribution is 0.0526. The molecule has 0 bridgehead atoms. The molecule has 0 spiro atoms. The zero-order chi connectivity index (χ0) is 20.6. The zero-order valence-corrected chi connectivity index (χ0v) is 16.6. The van der Waals surface area contributed by atoms with E-state index in [4.69, 9.17) is 16.3 Å². The summed E-state index contributed by atoms with van der Waals surface area (Å²) in [6, 6.07) is 9.95. The van der Waals surface area contributed by atoms with Gasteiger partial charge in [-0.2, -0.15) is 0 Å². The van der Waals surface area contributed by atoms with Gasteiger partial charge in [-0.1, -0.05) is 23.4 Å². The Morgan fingerprint density at radius 1 is 1.21 bits per heavy atom. The summed E-state index contributed by atoms with van der Waals surface area (Å²) in [6.45, 7) is 2.73. The van der Waals surface area contributed by atoms with Crippen molar-refractivity contribution in [2.24, 2.45) is 0 Å². The van der Waals surface area contributed by atoms with Gasteiger partial charge < -0.3 is 9.84 Å². The van der Waals surface area contributed by atoms with E-state index < -0.39 is 0 Å². The van der Waals surface area contributed by atoms with Gasteiger partial charge in [0.25, 0.3) is 0 Å². The van der Waals surface area contributed by atoms with Gasteiger partial charge in [0.1, 0.15) is 12.1 Å². The first-order valence-electron chi connectivity index (χ1n) is 9.08. The Kier molecular flexibility index (Phi) is 6.82. The van der Waals surface area contributed by atoms with Gasteiger partial charge in [0.15, 0.2) is 0 Å². The van der Waals surface area contributed by atoms with E-state index >= 15 is 0 Å². The molecule has 0 aliphatic heterocycles. The lowest BCUT2D eigenvalue weighted by Gasteiger charge is -2.08. The number of halogens is 1. The molecule has 0 radical (unpaired) electrons. The van der Waals surface area contributed by atoms with Crippen molar-refractivity contribution < 1.29 is 14.6 Å². The number of aromatic hydroxyl groups is 1. The Bertz CT molecular complexity index is 1060. The molecule has 7 nitrogen and oxygen atoms in total. The van der Waals surface area contributed by atoms with Crippen molar-refractivity contribution in [2.45, 2.75) is 26.3 Å². The lowest BCUT2D eigenvalue weighted by Crippen LogP contribution is -2.07. The van der Waals surface area contributed by atoms with Crippen LogP contribution in [0.5, 0.6) is 5.75 Å². The second-order valence-corrected chi connectivity index (χ2v) is 6.59. The summed E-state index contributed by atoms with van der Waals surface area (Å²) in [7, 11) is 0. The van der Waals surface area contributed by atoms with Gasteiger partial charge in [0.2, 0.25) is 0 Å². The van der Waals surface area contributed by atoms with Crippen LogP contribution in [0.25, 0.3) is 0 Å². The van der Waals surface area contributed by atoms with Crippen molar-refractivity contribution in [3.05, 3.63) is 70.0 Å². The number of aromatic nitrogens is 4. The molecule has 0 unspecified atom stereocenters. The van der Waals surface area contributed by atoms with E-state index in [1.807, 2.05) is 0 Å². The number of phenols is 1. The third kappa shape index (κ3) is 5.56. The fourth-order valence-electron chi connectivity index (χ4n) is 2.72. The Hall–Kier alpha value is -3.37. The Morgan fingerprint density at radius 3 is 2.72 bits per heavy atom. The Morgan fingerprint density at radius 2 is 2.00 bits per heavy atom. The quantitative estimate of drug-likeness (QED) is 0.495. The topological polar surface area (TPSA) is 90.1 Å². The monoisotopic (exact) mass is 410 g/mol. The Labute approximate surface area is 173 Å². The van der Waals surface area contributed by atoms with Crippen LogP contribution in [0.3, 0.4) is 0 Å². The number of hydrogen-bond acceptors (Lipinski definition) is 6. The molecule has 0 saturated heterocycles. The molecule has 0 aliphatic carbocycles. The number of carbonyl (C=O) groups is 1. The van der Waals surface area contributed by atoms with E-state index in [9.17, 15) is 9.90 Å². The molecule has 1 aromatic heterocycles. The van der Waals surface area contributed by atoms with Crippen molar-refractivity contribution in [1.82, 2.24) is 20.2 Å². The maximum Gasteiger partial charge on any atom is 0.338 e. The fourth-order valence-corrected chi connectivity index (χ4v) is 2.94. The van der Waals surface area contributed by atoms with E-state index in [1.165, 1.54) is 12.1 Å². The van der Waals surface area contributed by atoms with Crippen LogP contribution in [0.2, 0.25) is 5.02 Å². The maximum atomic E-state index is 12.1. The first kappa shape index (κ1) is 20.4. The molecular formula is C21H19ClN4O3. The van der Waals surface area contributed by atoms with Crippen molar-refractivity contribution >= 4 is 17.6 Å². The van der Waals surface area contributed by atoms with Crippen LogP contribution in [-0.4, -0.2) is 37.9 Å². The standard InChI is InChI=1S/C21H19ClN4O3/c1-2-29-21(28)18-8-6-15(5-7-16-9-10-19(27)13-20(16)22)17(12-18)4-3-11-26-14-23-24-25-26/h6,8-10,12-14,27H,2-4,11H2,1H3. The van der Waals surface area contributed by atoms with Crippen molar-refractivity contribution in [3.63, 3.8) is 0 Å². The molecule has 2 aromatic carbocycles. The van der Waals surface area contributed by atoms with Gasteiger partial charge in [-0.05, 0) is 72.2 Å². The maximum absolute atomic E-state index is 12.1. The predicted octanol–water partition coefficient (Wildman–Crippen LogP) is 3.24. The number of aryl methyl sites for hydroxylation is 2. The molecule has 3 aromatic rings. The highest BCUT2D eigenvalue weighted by molar-refractivity contribution is 6.31. The van der Waals surface area contributed by atoms with Crippen LogP contribution in [0, 0.1) is 11.8 Å². The summed E-state index contributed by atoms with van der Waals surface area (Å²) in [5.41, 5.74) is 2.81. The van der Waals surface area contributed by atoms with Gasteiger partial charge >= 0.3 is 5.97 Å². The minimum atomic E-state index is -0.365. The third-order valence-corrected chi connectivity index (χ3v) is 4.44. The van der Waals surface area contributed by atoms with Gasteiger partial charge in [-0.25, -0.2) is 9.48 Å². The van der Waals surface area contributed by atoms with E-state index in [2.05, 4.69) is 27.4 Å². The Balaban J connectivity index is 1.86. The predicted molar refractivity (Wildman–Crippen MR) is 108 cm³/mol. The number of nitrogens with zero attached hydrogens (tertiary/aromatic N) is 4. The number of carbonyl (C=O) groups excluding carboxylic acids is 1. The van der Waals surface area contributed by atoms with Crippen LogP contribution < -0.4 is 0 Å². The van der Waals surface area contributed by atoms with Crippen LogP contribution in [0.4, 0.5) is 0 Å². The summed E-state index contributed by atoms with van der Waals surface area (Å²) in [5.74, 6) is 5.86. The van der Waals surface area contributed by atoms with E-state index in [0.29, 0.717) is 35.7 Å². The summed E-state index contributed by atoms with van der Waals surface area (Å²) >= 11 is 6.13. The highest BCUT2D eigenvalue weighted by atomic mass is 35.5. The lowest BCUT2D eigenvalue weighted by atomic mass is 9.99. The number of tetrazole rings is 1. The van der Waals surface area contributed by atoms with Crippen LogP contribution in [0.1, 0.15) is 40.4 Å². The van der Waals surface area contributed by atoms with E-state index in [-0.39, 0.29) is 11.7 Å². The number of esters is 1. The summed E-state index contributed by atoms with van der Waals surface area (Å²) in [4.78, 5) is 12.1. The molecule has 0 saturated carbocycles. The van der Waals surface area contributed by atoms with E-state index in [0.717, 1.165) is 17.5 Å². The summed E-state index contributed by atoms with van der Waals surface area (Å²) < 4.78 is 6.75. The molecular weight excluding hydrogens is 392 g/mol. The summed E-state index contributed by atoms with van der Waals surface area (Å²) in [5, 5.41) is 20.9. The van der Waals surface area contributed by atoms with Crippen molar-refractivity contribution in [2.75, 3.05) is 6.61 Å². The first-order valence-corrected chi connectivity index (χ1v) is 9.46. The van der Waals surface area contributed by atoms with Gasteiger partial charge in [0, 0.05) is 17.7 Å². The molecule has 0 fully saturated rings. The van der Waals surface area contributed by atoms with Gasteiger partial charge in [0.05, 0.1) is 17.2 Å². The highest BCUT2D eigenvalue weighted by Gasteiger charge is 2.10. The van der Waals surface area contributed by atoms with Crippen molar-refractivity contribution in [3.8, 4) is 17.6 Å². The van der Waals surface area contributed by atoms with Gasteiger partial charge in [-0.15, -0.1) is 5.10 Å². The number of ether oxygens (including phenoxy) is 1. The minimum absolute atomic E-state index is 0.0858. The minimum Gasteiger partial charge on any atom is -0.508 e. The molecule has 148 valence electrons. The summed E-state index contributed by atoms with van der Waals surface area (Å²) in [6.07, 6.45) is 3.01. The highest BCUT2D eigenvalue weighted by Crippen LogP contribution is 2.21. The molecule has 0 amide bonds. The molecule has 0 atom stereocenters. The molecule has 1 N–H and O–H groups in total. The smallest absolute Gasteiger partial charge is 0.338 e. The SMILES string of the molecule is CCOC(=O)c1ccc(C#Cc2ccc(O)cc2Cl)c(CCCn2cnnn2)c1. The van der Waals surface area contributed by atoms with Crippen molar-refractivity contribution in [1.29, 1.82) is 0 Å². The van der Waals surface area contributed by atoms with Crippen LogP contribution >= 0.6 is 11.6 Å². The first-order chi connectivity index (χ1) is 14.1. The molecule has 3 rings (SSSR count). The van der Waals surface area contributed by atoms with Crippen LogP contribution in [-0.2, 0) is 17.7 Å². The third-order valence-electron chi connectivity index (χ3n) is 4.13. The average Bonchev–Trinajstić information content (AvgIpc) is 3.21. The number of phenolic OH excluding ortho intramolecular Hbond substituents is 1. The van der Waals surface area contributed by atoms with E-state index in [1.54, 1.807) is 42.2 Å². The fraction of sp³-hybridized carbons (Fsp3) is 0.238. The van der Waals surface area contributed by atoms with Crippen LogP contribution in [0.15, 0.2) is 42.7 Å². The number of hydrogen-bond donors (Lipinski definition) is 1. The molecule has 1 heterocycles. The largest absolute Gasteiger partial charge is 0.508 e. The zero-order valence-electron chi connectivity index (χ0n) is 15.8. The molecule has 0 aliphatic rings. The second-order valence-electron chi connectivity index (χ2n) is 6.18.